The molecule has 0 bridgehead atoms. The van der Waals surface area contributed by atoms with Crippen molar-refractivity contribution in [3.05, 3.63) is 18.2 Å². The molecule has 7 nitrogen and oxygen atoms in total. The Morgan fingerprint density at radius 1 is 1.23 bits per heavy atom. The van der Waals surface area contributed by atoms with E-state index in [0.29, 0.717) is 63.5 Å². The van der Waals surface area contributed by atoms with Gasteiger partial charge < -0.3 is 18.9 Å². The van der Waals surface area contributed by atoms with Crippen LogP contribution in [0.2, 0.25) is 0 Å². The van der Waals surface area contributed by atoms with E-state index in [1.807, 2.05) is 25.1 Å². The second kappa shape index (κ2) is 6.70. The van der Waals surface area contributed by atoms with Crippen molar-refractivity contribution >= 4 is 17.7 Å². The van der Waals surface area contributed by atoms with Crippen molar-refractivity contribution < 1.29 is 28.5 Å². The number of ether oxygens (including phenoxy) is 4. The van der Waals surface area contributed by atoms with Gasteiger partial charge in [-0.2, -0.15) is 0 Å². The van der Waals surface area contributed by atoms with E-state index in [2.05, 4.69) is 0 Å². The molecule has 1 saturated carbocycles. The van der Waals surface area contributed by atoms with Gasteiger partial charge >= 0.3 is 12.1 Å². The minimum Gasteiger partial charge on any atom is -0.486 e. The van der Waals surface area contributed by atoms with Crippen LogP contribution >= 0.6 is 0 Å². The number of carbonyl (C=O) groups excluding carboxylic acids is 2. The van der Waals surface area contributed by atoms with E-state index < -0.39 is 5.60 Å². The maximum Gasteiger partial charge on any atom is 0.415 e. The molecule has 0 N–H and O–H groups in total. The Morgan fingerprint density at radius 3 is 2.69 bits per heavy atom. The highest BCUT2D eigenvalue weighted by Gasteiger charge is 2.48. The van der Waals surface area contributed by atoms with Crippen LogP contribution in [-0.2, 0) is 14.3 Å². The summed E-state index contributed by atoms with van der Waals surface area (Å²) in [7, 11) is 0. The zero-order valence-electron chi connectivity index (χ0n) is 14.9. The number of hydrogen-bond acceptors (Lipinski definition) is 6. The molecule has 1 spiro atoms. The number of carbonyl (C=O) groups is 2. The van der Waals surface area contributed by atoms with Gasteiger partial charge in [-0.15, -0.1) is 0 Å². The zero-order valence-corrected chi connectivity index (χ0v) is 14.9. The van der Waals surface area contributed by atoms with Crippen LogP contribution in [-0.4, -0.2) is 44.0 Å². The molecule has 0 atom stereocenters. The quantitative estimate of drug-likeness (QED) is 0.771. The Morgan fingerprint density at radius 2 is 1.96 bits per heavy atom. The molecule has 1 aromatic rings. The lowest BCUT2D eigenvalue weighted by Crippen LogP contribution is -2.40. The van der Waals surface area contributed by atoms with Crippen LogP contribution in [0.5, 0.6) is 11.5 Å². The number of rotatable bonds is 3. The highest BCUT2D eigenvalue weighted by Crippen LogP contribution is 2.42. The van der Waals surface area contributed by atoms with Crippen molar-refractivity contribution in [1.29, 1.82) is 0 Å². The summed E-state index contributed by atoms with van der Waals surface area (Å²) in [5.74, 6) is 1.10. The van der Waals surface area contributed by atoms with Crippen molar-refractivity contribution in [3.8, 4) is 11.5 Å². The van der Waals surface area contributed by atoms with Gasteiger partial charge in [0.05, 0.1) is 24.8 Å². The molecule has 140 valence electrons. The van der Waals surface area contributed by atoms with E-state index in [1.165, 1.54) is 0 Å². The molecule has 26 heavy (non-hydrogen) atoms. The molecule has 1 saturated heterocycles. The number of anilines is 1. The minimum absolute atomic E-state index is 0.0948. The molecule has 3 aliphatic rings. The predicted molar refractivity (Wildman–Crippen MR) is 92.6 cm³/mol. The third-order valence-corrected chi connectivity index (χ3v) is 5.32. The lowest BCUT2D eigenvalue weighted by molar-refractivity contribution is -0.150. The molecule has 0 unspecified atom stereocenters. The van der Waals surface area contributed by atoms with Crippen LogP contribution in [0.4, 0.5) is 10.5 Å². The molecular weight excluding hydrogens is 338 g/mol. The Bertz CT molecular complexity index is 710. The first-order chi connectivity index (χ1) is 12.6. The monoisotopic (exact) mass is 361 g/mol. The Hall–Kier alpha value is -2.44. The summed E-state index contributed by atoms with van der Waals surface area (Å²) < 4.78 is 22.0. The van der Waals surface area contributed by atoms with Crippen molar-refractivity contribution in [2.75, 3.05) is 31.3 Å². The third-order valence-electron chi connectivity index (χ3n) is 5.32. The zero-order chi connectivity index (χ0) is 18.1. The van der Waals surface area contributed by atoms with Gasteiger partial charge in [0.25, 0.3) is 0 Å². The topological polar surface area (TPSA) is 74.3 Å². The highest BCUT2D eigenvalue weighted by molar-refractivity contribution is 5.91. The molecule has 1 aromatic carbocycles. The maximum absolute atomic E-state index is 12.5. The van der Waals surface area contributed by atoms with E-state index in [9.17, 15) is 9.59 Å². The molecule has 4 rings (SSSR count). The fourth-order valence-corrected chi connectivity index (χ4v) is 3.92. The van der Waals surface area contributed by atoms with Gasteiger partial charge in [0.1, 0.15) is 18.8 Å². The van der Waals surface area contributed by atoms with Crippen molar-refractivity contribution in [2.24, 2.45) is 5.92 Å². The van der Waals surface area contributed by atoms with Crippen LogP contribution in [0.1, 0.15) is 32.6 Å². The van der Waals surface area contributed by atoms with Crippen LogP contribution in [0, 0.1) is 5.92 Å². The molecule has 2 heterocycles. The van der Waals surface area contributed by atoms with E-state index in [1.54, 1.807) is 4.90 Å². The number of nitrogens with zero attached hydrogens (tertiary/aromatic N) is 1. The van der Waals surface area contributed by atoms with Gasteiger partial charge in [-0.1, -0.05) is 0 Å². The second-order valence-electron chi connectivity index (χ2n) is 6.99. The predicted octanol–water partition coefficient (Wildman–Crippen LogP) is 2.91. The number of benzene rings is 1. The third kappa shape index (κ3) is 3.06. The van der Waals surface area contributed by atoms with Crippen LogP contribution in [0.3, 0.4) is 0 Å². The average Bonchev–Trinajstić information content (AvgIpc) is 2.98. The number of hydrogen-bond donors (Lipinski definition) is 0. The molecule has 7 heteroatoms. The molecule has 1 amide bonds. The summed E-state index contributed by atoms with van der Waals surface area (Å²) in [6, 6.07) is 5.48. The van der Waals surface area contributed by atoms with Crippen LogP contribution in [0.25, 0.3) is 0 Å². The number of amides is 1. The summed E-state index contributed by atoms with van der Waals surface area (Å²) in [6.45, 7) is 3.73. The smallest absolute Gasteiger partial charge is 0.415 e. The molecule has 0 radical (unpaired) electrons. The van der Waals surface area contributed by atoms with E-state index in [0.717, 1.165) is 5.69 Å². The Balaban J connectivity index is 1.45. The summed E-state index contributed by atoms with van der Waals surface area (Å²) in [5, 5.41) is 0. The van der Waals surface area contributed by atoms with E-state index in [4.69, 9.17) is 18.9 Å². The SMILES string of the molecule is CCOC(=O)C1CCC2(CC1)CN(c1ccc3c(c1)OCCO3)C(=O)O2. The minimum atomic E-state index is -0.520. The summed E-state index contributed by atoms with van der Waals surface area (Å²) in [6.07, 6.45) is 2.35. The van der Waals surface area contributed by atoms with Gasteiger partial charge in [-0.3, -0.25) is 9.69 Å². The lowest BCUT2D eigenvalue weighted by Gasteiger charge is -2.34. The summed E-state index contributed by atoms with van der Waals surface area (Å²) >= 11 is 0. The first-order valence-electron chi connectivity index (χ1n) is 9.17. The molecular formula is C19H23NO6. The first-order valence-corrected chi connectivity index (χ1v) is 9.17. The highest BCUT2D eigenvalue weighted by atomic mass is 16.6. The number of esters is 1. The van der Waals surface area contributed by atoms with Crippen LogP contribution < -0.4 is 14.4 Å². The standard InChI is InChI=1S/C19H23NO6/c1-2-23-17(21)13-5-7-19(8-6-13)12-20(18(22)26-19)14-3-4-15-16(11-14)25-10-9-24-15/h3-4,11,13H,2,5-10,12H2,1H3. The van der Waals surface area contributed by atoms with E-state index in [-0.39, 0.29) is 18.0 Å². The summed E-state index contributed by atoms with van der Waals surface area (Å²) in [4.78, 5) is 26.0. The second-order valence-corrected chi connectivity index (χ2v) is 6.99. The first kappa shape index (κ1) is 17.0. The summed E-state index contributed by atoms with van der Waals surface area (Å²) in [5.41, 5.74) is 0.219. The normalized spacial score (nSPS) is 27.3. The van der Waals surface area contributed by atoms with Crippen molar-refractivity contribution in [2.45, 2.75) is 38.2 Å². The molecule has 2 fully saturated rings. The van der Waals surface area contributed by atoms with Gasteiger partial charge in [-0.05, 0) is 44.7 Å². The molecule has 0 aromatic heterocycles. The Kier molecular flexibility index (Phi) is 4.38. The fourth-order valence-electron chi connectivity index (χ4n) is 3.92. The van der Waals surface area contributed by atoms with Crippen molar-refractivity contribution in [1.82, 2.24) is 0 Å². The molecule has 1 aliphatic carbocycles. The average molecular weight is 361 g/mol. The maximum atomic E-state index is 12.5. The van der Waals surface area contributed by atoms with Gasteiger partial charge in [0.15, 0.2) is 11.5 Å². The van der Waals surface area contributed by atoms with Crippen LogP contribution in [0.15, 0.2) is 18.2 Å². The van der Waals surface area contributed by atoms with Crippen molar-refractivity contribution in [3.63, 3.8) is 0 Å². The van der Waals surface area contributed by atoms with Gasteiger partial charge in [-0.25, -0.2) is 4.79 Å². The Labute approximate surface area is 152 Å². The lowest BCUT2D eigenvalue weighted by atomic mass is 9.78. The van der Waals surface area contributed by atoms with E-state index >= 15 is 0 Å². The fraction of sp³-hybridized carbons (Fsp3) is 0.579. The van der Waals surface area contributed by atoms with Gasteiger partial charge in [0.2, 0.25) is 0 Å². The number of fused-ring (bicyclic) bond motifs is 1. The van der Waals surface area contributed by atoms with Gasteiger partial charge in [0, 0.05) is 6.07 Å². The molecule has 2 aliphatic heterocycles. The largest absolute Gasteiger partial charge is 0.486 e.